The Bertz CT molecular complexity index is 830. The number of aryl methyl sites for hydroxylation is 1. The van der Waals surface area contributed by atoms with E-state index in [2.05, 4.69) is 19.1 Å². The molecular formula is C22H27N3O2. The fourth-order valence-electron chi connectivity index (χ4n) is 3.32. The molecule has 0 saturated heterocycles. The molecule has 0 aliphatic carbocycles. The highest BCUT2D eigenvalue weighted by atomic mass is 16.5. The number of amides is 1. The van der Waals surface area contributed by atoms with Crippen LogP contribution in [0.5, 0.6) is 5.75 Å². The molecule has 2 aromatic carbocycles. The van der Waals surface area contributed by atoms with Gasteiger partial charge >= 0.3 is 0 Å². The fourth-order valence-corrected chi connectivity index (χ4v) is 3.32. The average Bonchev–Trinajstić information content (AvgIpc) is 3.13. The summed E-state index contributed by atoms with van der Waals surface area (Å²) in [4.78, 5) is 14.9. The van der Waals surface area contributed by atoms with Crippen molar-refractivity contribution in [1.29, 1.82) is 0 Å². The number of methoxy groups -OCH3 is 1. The topological polar surface area (TPSA) is 45.1 Å². The smallest absolute Gasteiger partial charge is 0.257 e. The SMILES string of the molecule is CCN(C)CC(=O)N1N=C(c2ccc(OC)cc2)CC1c1ccccc1C. The zero-order valence-electron chi connectivity index (χ0n) is 16.5. The molecule has 0 spiro atoms. The van der Waals surface area contributed by atoms with Gasteiger partial charge in [-0.1, -0.05) is 31.2 Å². The molecule has 0 radical (unpaired) electrons. The molecule has 0 fully saturated rings. The molecule has 142 valence electrons. The van der Waals surface area contributed by atoms with Crippen molar-refractivity contribution in [1.82, 2.24) is 9.91 Å². The number of hydrogen-bond donors (Lipinski definition) is 0. The molecule has 1 amide bonds. The van der Waals surface area contributed by atoms with E-state index in [9.17, 15) is 4.79 Å². The lowest BCUT2D eigenvalue weighted by atomic mass is 9.95. The third-order valence-electron chi connectivity index (χ3n) is 5.08. The minimum atomic E-state index is -0.0685. The van der Waals surface area contributed by atoms with Gasteiger partial charge < -0.3 is 4.74 Å². The van der Waals surface area contributed by atoms with Crippen LogP contribution in [-0.4, -0.2) is 48.8 Å². The van der Waals surface area contributed by atoms with Crippen molar-refractivity contribution in [3.05, 3.63) is 65.2 Å². The van der Waals surface area contributed by atoms with Gasteiger partial charge in [0.15, 0.2) is 0 Å². The molecule has 5 nitrogen and oxygen atoms in total. The molecule has 1 unspecified atom stereocenters. The summed E-state index contributed by atoms with van der Waals surface area (Å²) in [7, 11) is 3.60. The van der Waals surface area contributed by atoms with Crippen LogP contribution in [0.15, 0.2) is 53.6 Å². The van der Waals surface area contributed by atoms with Gasteiger partial charge in [0.25, 0.3) is 5.91 Å². The molecule has 1 aliphatic heterocycles. The van der Waals surface area contributed by atoms with Crippen molar-refractivity contribution in [3.8, 4) is 5.75 Å². The first-order valence-corrected chi connectivity index (χ1v) is 9.31. The first-order valence-electron chi connectivity index (χ1n) is 9.31. The first-order chi connectivity index (χ1) is 13.0. The van der Waals surface area contributed by atoms with E-state index in [0.29, 0.717) is 13.0 Å². The summed E-state index contributed by atoms with van der Waals surface area (Å²) < 4.78 is 5.24. The number of carbonyl (C=O) groups is 1. The predicted molar refractivity (Wildman–Crippen MR) is 108 cm³/mol. The Labute approximate surface area is 161 Å². The molecule has 0 N–H and O–H groups in total. The van der Waals surface area contributed by atoms with Gasteiger partial charge in [-0.3, -0.25) is 9.69 Å². The third-order valence-corrected chi connectivity index (χ3v) is 5.08. The Morgan fingerprint density at radius 3 is 2.56 bits per heavy atom. The number of carbonyl (C=O) groups excluding carboxylic acids is 1. The second-order valence-electron chi connectivity index (χ2n) is 6.92. The molecule has 3 rings (SSSR count). The Balaban J connectivity index is 1.93. The van der Waals surface area contributed by atoms with E-state index in [4.69, 9.17) is 9.84 Å². The number of rotatable bonds is 6. The van der Waals surface area contributed by atoms with E-state index >= 15 is 0 Å². The fraction of sp³-hybridized carbons (Fsp3) is 0.364. The molecular weight excluding hydrogens is 338 g/mol. The van der Waals surface area contributed by atoms with Crippen molar-refractivity contribution >= 4 is 11.6 Å². The normalized spacial score (nSPS) is 16.6. The van der Waals surface area contributed by atoms with Crippen LogP contribution in [0, 0.1) is 6.92 Å². The molecule has 0 aromatic heterocycles. The van der Waals surface area contributed by atoms with E-state index < -0.39 is 0 Å². The molecule has 2 aromatic rings. The van der Waals surface area contributed by atoms with E-state index in [-0.39, 0.29) is 11.9 Å². The molecule has 1 aliphatic rings. The number of ether oxygens (including phenoxy) is 1. The summed E-state index contributed by atoms with van der Waals surface area (Å²) in [5.41, 5.74) is 4.28. The summed E-state index contributed by atoms with van der Waals surface area (Å²) in [6.07, 6.45) is 0.707. The maximum absolute atomic E-state index is 12.9. The van der Waals surface area contributed by atoms with Crippen molar-refractivity contribution in [2.24, 2.45) is 5.10 Å². The number of hydrazone groups is 1. The Kier molecular flexibility index (Phi) is 5.91. The van der Waals surface area contributed by atoms with Gasteiger partial charge in [0, 0.05) is 6.42 Å². The van der Waals surface area contributed by atoms with Crippen LogP contribution < -0.4 is 4.74 Å². The Morgan fingerprint density at radius 2 is 1.93 bits per heavy atom. The monoisotopic (exact) mass is 365 g/mol. The predicted octanol–water partition coefficient (Wildman–Crippen LogP) is 3.63. The van der Waals surface area contributed by atoms with Gasteiger partial charge in [-0.2, -0.15) is 5.10 Å². The van der Waals surface area contributed by atoms with Gasteiger partial charge in [0.05, 0.1) is 25.4 Å². The molecule has 1 heterocycles. The number of benzene rings is 2. The van der Waals surface area contributed by atoms with E-state index in [1.807, 2.05) is 55.3 Å². The molecule has 5 heteroatoms. The highest BCUT2D eigenvalue weighted by Gasteiger charge is 2.33. The Hall–Kier alpha value is -2.66. The maximum Gasteiger partial charge on any atom is 0.257 e. The second kappa shape index (κ2) is 8.35. The first kappa shape index (κ1) is 19.1. The lowest BCUT2D eigenvalue weighted by Crippen LogP contribution is -2.36. The van der Waals surface area contributed by atoms with Crippen LogP contribution >= 0.6 is 0 Å². The lowest BCUT2D eigenvalue weighted by Gasteiger charge is -2.25. The summed E-state index contributed by atoms with van der Waals surface area (Å²) >= 11 is 0. The third kappa shape index (κ3) is 4.19. The summed E-state index contributed by atoms with van der Waals surface area (Å²) in [6.45, 7) is 5.31. The van der Waals surface area contributed by atoms with Crippen molar-refractivity contribution in [2.75, 3.05) is 27.2 Å². The van der Waals surface area contributed by atoms with Crippen LogP contribution in [-0.2, 0) is 4.79 Å². The number of likely N-dealkylation sites (N-methyl/N-ethyl adjacent to an activating group) is 1. The molecule has 1 atom stereocenters. The highest BCUT2D eigenvalue weighted by Crippen LogP contribution is 2.34. The molecule has 27 heavy (non-hydrogen) atoms. The van der Waals surface area contributed by atoms with Gasteiger partial charge in [0.2, 0.25) is 0 Å². The Morgan fingerprint density at radius 1 is 1.22 bits per heavy atom. The maximum atomic E-state index is 12.9. The second-order valence-corrected chi connectivity index (χ2v) is 6.92. The van der Waals surface area contributed by atoms with Gasteiger partial charge in [0.1, 0.15) is 5.75 Å². The lowest BCUT2D eigenvalue weighted by molar-refractivity contribution is -0.133. The number of hydrogen-bond acceptors (Lipinski definition) is 4. The van der Waals surface area contributed by atoms with Crippen LogP contribution in [0.3, 0.4) is 0 Å². The zero-order valence-corrected chi connectivity index (χ0v) is 16.5. The average molecular weight is 365 g/mol. The van der Waals surface area contributed by atoms with Crippen molar-refractivity contribution < 1.29 is 9.53 Å². The van der Waals surface area contributed by atoms with E-state index in [1.165, 1.54) is 5.56 Å². The molecule has 0 bridgehead atoms. The van der Waals surface area contributed by atoms with Gasteiger partial charge in [-0.15, -0.1) is 0 Å². The molecule has 0 saturated carbocycles. The summed E-state index contributed by atoms with van der Waals surface area (Å²) in [5.74, 6) is 0.835. The van der Waals surface area contributed by atoms with Crippen LogP contribution in [0.25, 0.3) is 0 Å². The van der Waals surface area contributed by atoms with E-state index in [0.717, 1.165) is 29.1 Å². The van der Waals surface area contributed by atoms with Crippen LogP contribution in [0.1, 0.15) is 36.1 Å². The highest BCUT2D eigenvalue weighted by molar-refractivity contribution is 6.03. The van der Waals surface area contributed by atoms with Gasteiger partial charge in [-0.05, 0) is 61.5 Å². The van der Waals surface area contributed by atoms with Crippen LogP contribution in [0.2, 0.25) is 0 Å². The zero-order chi connectivity index (χ0) is 19.4. The minimum Gasteiger partial charge on any atom is -0.497 e. The quantitative estimate of drug-likeness (QED) is 0.785. The van der Waals surface area contributed by atoms with Crippen LogP contribution in [0.4, 0.5) is 0 Å². The standard InChI is InChI=1S/C22H27N3O2/c1-5-24(3)15-22(26)25-21(19-9-7-6-8-16(19)2)14-20(23-25)17-10-12-18(27-4)13-11-17/h6-13,21H,5,14-15H2,1-4H3. The largest absolute Gasteiger partial charge is 0.497 e. The number of nitrogens with zero attached hydrogens (tertiary/aromatic N) is 3. The van der Waals surface area contributed by atoms with Crippen molar-refractivity contribution in [3.63, 3.8) is 0 Å². The minimum absolute atomic E-state index is 0.0242. The summed E-state index contributed by atoms with van der Waals surface area (Å²) in [6, 6.07) is 16.0. The van der Waals surface area contributed by atoms with Crippen molar-refractivity contribution in [2.45, 2.75) is 26.3 Å². The summed E-state index contributed by atoms with van der Waals surface area (Å²) in [5, 5.41) is 6.41. The van der Waals surface area contributed by atoms with Gasteiger partial charge in [-0.25, -0.2) is 5.01 Å². The van der Waals surface area contributed by atoms with E-state index in [1.54, 1.807) is 12.1 Å².